The Balaban J connectivity index is 1.88. The summed E-state index contributed by atoms with van der Waals surface area (Å²) in [6, 6.07) is 6.69. The van der Waals surface area contributed by atoms with Crippen molar-refractivity contribution in [2.45, 2.75) is 6.42 Å². The number of halogens is 2. The van der Waals surface area contributed by atoms with Gasteiger partial charge in [0.2, 0.25) is 0 Å². The molecule has 2 rings (SSSR count). The standard InChI is InChI=1S/C12H14Cl2NO/c13-11-7-10(8-12(14)9-11)1-2-15-3-5-16-6-4-15/h7-8H,1-6H2. The summed E-state index contributed by atoms with van der Waals surface area (Å²) >= 11 is 11.8. The molecule has 4 heteroatoms. The minimum Gasteiger partial charge on any atom is -0.379 e. The molecular weight excluding hydrogens is 245 g/mol. The van der Waals surface area contributed by atoms with Gasteiger partial charge in [0.05, 0.1) is 23.3 Å². The van der Waals surface area contributed by atoms with Crippen molar-refractivity contribution in [1.82, 2.24) is 4.90 Å². The SMILES string of the molecule is Clc1[c]c(Cl)cc(CCN2CCOCC2)c1. The van der Waals surface area contributed by atoms with Crippen molar-refractivity contribution in [2.24, 2.45) is 0 Å². The van der Waals surface area contributed by atoms with E-state index in [1.165, 1.54) is 5.56 Å². The molecule has 0 unspecified atom stereocenters. The first-order valence-electron chi connectivity index (χ1n) is 5.41. The largest absolute Gasteiger partial charge is 0.379 e. The van der Waals surface area contributed by atoms with E-state index in [1.54, 1.807) is 0 Å². The molecule has 2 nitrogen and oxygen atoms in total. The van der Waals surface area contributed by atoms with Crippen LogP contribution in [0.4, 0.5) is 0 Å². The molecule has 0 atom stereocenters. The maximum Gasteiger partial charge on any atom is 0.0594 e. The molecule has 0 aromatic heterocycles. The molecular formula is C12H14Cl2NO. The molecule has 16 heavy (non-hydrogen) atoms. The molecule has 0 N–H and O–H groups in total. The molecule has 1 fully saturated rings. The highest BCUT2D eigenvalue weighted by Gasteiger charge is 2.10. The molecule has 87 valence electrons. The van der Waals surface area contributed by atoms with Gasteiger partial charge < -0.3 is 4.74 Å². The monoisotopic (exact) mass is 258 g/mol. The molecule has 1 aromatic carbocycles. The summed E-state index contributed by atoms with van der Waals surface area (Å²) in [7, 11) is 0. The van der Waals surface area contributed by atoms with E-state index in [2.05, 4.69) is 11.0 Å². The van der Waals surface area contributed by atoms with E-state index in [0.717, 1.165) is 39.3 Å². The molecule has 0 saturated carbocycles. The molecule has 1 aliphatic rings. The Bertz CT molecular complexity index is 331. The van der Waals surface area contributed by atoms with Crippen LogP contribution in [-0.2, 0) is 11.2 Å². The summed E-state index contributed by atoms with van der Waals surface area (Å²) in [6.45, 7) is 4.73. The highest BCUT2D eigenvalue weighted by Crippen LogP contribution is 2.18. The minimum absolute atomic E-state index is 0.587. The fourth-order valence-electron chi connectivity index (χ4n) is 1.81. The van der Waals surface area contributed by atoms with Gasteiger partial charge in [-0.05, 0) is 24.1 Å². The first-order valence-corrected chi connectivity index (χ1v) is 6.17. The van der Waals surface area contributed by atoms with E-state index in [0.29, 0.717) is 10.0 Å². The molecule has 0 spiro atoms. The normalized spacial score (nSPS) is 17.6. The quantitative estimate of drug-likeness (QED) is 0.827. The number of benzene rings is 1. The van der Waals surface area contributed by atoms with Crippen molar-refractivity contribution in [1.29, 1.82) is 0 Å². The predicted molar refractivity (Wildman–Crippen MR) is 66.3 cm³/mol. The molecule has 1 saturated heterocycles. The van der Waals surface area contributed by atoms with Gasteiger partial charge in [-0.25, -0.2) is 0 Å². The fraction of sp³-hybridized carbons (Fsp3) is 0.500. The van der Waals surface area contributed by atoms with Crippen LogP contribution in [0.25, 0.3) is 0 Å². The Morgan fingerprint density at radius 1 is 1.19 bits per heavy atom. The molecule has 0 amide bonds. The van der Waals surface area contributed by atoms with Crippen LogP contribution in [0.2, 0.25) is 10.0 Å². The zero-order chi connectivity index (χ0) is 11.4. The zero-order valence-corrected chi connectivity index (χ0v) is 10.5. The van der Waals surface area contributed by atoms with Gasteiger partial charge in [0.25, 0.3) is 0 Å². The van der Waals surface area contributed by atoms with Gasteiger partial charge >= 0.3 is 0 Å². The van der Waals surface area contributed by atoms with E-state index in [1.807, 2.05) is 12.1 Å². The average Bonchev–Trinajstić information content (AvgIpc) is 2.27. The third kappa shape index (κ3) is 3.63. The van der Waals surface area contributed by atoms with Crippen LogP contribution >= 0.6 is 23.2 Å². The lowest BCUT2D eigenvalue weighted by Crippen LogP contribution is -2.37. The summed E-state index contributed by atoms with van der Waals surface area (Å²) < 4.78 is 5.30. The summed E-state index contributed by atoms with van der Waals surface area (Å²) in [5.41, 5.74) is 1.17. The van der Waals surface area contributed by atoms with Gasteiger partial charge in [-0.2, -0.15) is 0 Å². The molecule has 1 heterocycles. The lowest BCUT2D eigenvalue weighted by Gasteiger charge is -2.26. The average molecular weight is 259 g/mol. The Kier molecular flexibility index (Phi) is 4.47. The lowest BCUT2D eigenvalue weighted by atomic mass is 10.1. The van der Waals surface area contributed by atoms with Crippen molar-refractivity contribution in [3.8, 4) is 0 Å². The number of hydrogen-bond donors (Lipinski definition) is 0. The number of hydrogen-bond acceptors (Lipinski definition) is 2. The van der Waals surface area contributed by atoms with Crippen LogP contribution in [0.15, 0.2) is 12.1 Å². The van der Waals surface area contributed by atoms with Crippen molar-refractivity contribution < 1.29 is 4.74 Å². The van der Waals surface area contributed by atoms with Crippen LogP contribution in [-0.4, -0.2) is 37.7 Å². The maximum atomic E-state index is 5.90. The zero-order valence-electron chi connectivity index (χ0n) is 9.01. The second-order valence-corrected chi connectivity index (χ2v) is 4.70. The predicted octanol–water partition coefficient (Wildman–Crippen LogP) is 2.67. The number of ether oxygens (including phenoxy) is 1. The van der Waals surface area contributed by atoms with Gasteiger partial charge in [0, 0.05) is 25.7 Å². The maximum absolute atomic E-state index is 5.90. The van der Waals surface area contributed by atoms with E-state index in [-0.39, 0.29) is 0 Å². The molecule has 0 aliphatic carbocycles. The second kappa shape index (κ2) is 5.87. The summed E-state index contributed by atoms with van der Waals surface area (Å²) in [5, 5.41) is 1.17. The highest BCUT2D eigenvalue weighted by molar-refractivity contribution is 6.34. The van der Waals surface area contributed by atoms with Crippen LogP contribution in [0.1, 0.15) is 5.56 Å². The van der Waals surface area contributed by atoms with Gasteiger partial charge in [-0.15, -0.1) is 0 Å². The Labute approximate surface area is 106 Å². The fourth-order valence-corrected chi connectivity index (χ4v) is 2.34. The van der Waals surface area contributed by atoms with Crippen molar-refractivity contribution >= 4 is 23.2 Å². The molecule has 0 bridgehead atoms. The van der Waals surface area contributed by atoms with Gasteiger partial charge in [0.1, 0.15) is 0 Å². The number of rotatable bonds is 3. The Morgan fingerprint density at radius 3 is 2.44 bits per heavy atom. The van der Waals surface area contributed by atoms with E-state index in [4.69, 9.17) is 27.9 Å². The summed E-state index contributed by atoms with van der Waals surface area (Å²) in [4.78, 5) is 2.39. The van der Waals surface area contributed by atoms with E-state index >= 15 is 0 Å². The van der Waals surface area contributed by atoms with Gasteiger partial charge in [-0.3, -0.25) is 4.90 Å². The Hall–Kier alpha value is -0.280. The highest BCUT2D eigenvalue weighted by atomic mass is 35.5. The molecule has 1 aromatic rings. The van der Waals surface area contributed by atoms with Crippen molar-refractivity contribution in [3.05, 3.63) is 33.8 Å². The second-order valence-electron chi connectivity index (χ2n) is 3.89. The van der Waals surface area contributed by atoms with E-state index in [9.17, 15) is 0 Å². The summed E-state index contributed by atoms with van der Waals surface area (Å²) in [5.74, 6) is 0. The lowest BCUT2D eigenvalue weighted by molar-refractivity contribution is 0.0384. The topological polar surface area (TPSA) is 12.5 Å². The van der Waals surface area contributed by atoms with Crippen LogP contribution in [0.3, 0.4) is 0 Å². The molecule has 1 aliphatic heterocycles. The minimum atomic E-state index is 0.587. The first kappa shape index (κ1) is 12.2. The van der Waals surface area contributed by atoms with Crippen LogP contribution in [0.5, 0.6) is 0 Å². The van der Waals surface area contributed by atoms with Crippen molar-refractivity contribution in [3.63, 3.8) is 0 Å². The summed E-state index contributed by atoms with van der Waals surface area (Å²) in [6.07, 6.45) is 0.966. The van der Waals surface area contributed by atoms with Crippen molar-refractivity contribution in [2.75, 3.05) is 32.8 Å². The van der Waals surface area contributed by atoms with Crippen LogP contribution < -0.4 is 0 Å². The third-order valence-corrected chi connectivity index (χ3v) is 3.09. The number of nitrogens with zero attached hydrogens (tertiary/aromatic N) is 1. The van der Waals surface area contributed by atoms with Gasteiger partial charge in [-0.1, -0.05) is 23.2 Å². The molecule has 1 radical (unpaired) electrons. The van der Waals surface area contributed by atoms with Gasteiger partial charge in [0.15, 0.2) is 0 Å². The third-order valence-electron chi connectivity index (χ3n) is 2.68. The first-order chi connectivity index (χ1) is 7.74. The Morgan fingerprint density at radius 2 is 1.81 bits per heavy atom. The van der Waals surface area contributed by atoms with E-state index < -0.39 is 0 Å². The smallest absolute Gasteiger partial charge is 0.0594 e. The number of morpholine rings is 1. The van der Waals surface area contributed by atoms with Crippen LogP contribution in [0, 0.1) is 6.07 Å².